The summed E-state index contributed by atoms with van der Waals surface area (Å²) in [6.45, 7) is 4.07. The highest BCUT2D eigenvalue weighted by atomic mass is 79.9. The Labute approximate surface area is 140 Å². The Morgan fingerprint density at radius 1 is 0.895 bits per heavy atom. The van der Waals surface area contributed by atoms with Gasteiger partial charge in [-0.05, 0) is 60.4 Å². The number of benzene rings is 2. The van der Waals surface area contributed by atoms with Crippen molar-refractivity contribution >= 4 is 55.1 Å². The first-order valence-corrected chi connectivity index (χ1v) is 8.16. The Hall–Kier alpha value is -0.0200. The minimum atomic E-state index is -0.205. The van der Waals surface area contributed by atoms with Gasteiger partial charge in [0.05, 0.1) is 5.38 Å². The summed E-state index contributed by atoms with van der Waals surface area (Å²) in [5.74, 6) is 0. The van der Waals surface area contributed by atoms with Crippen LogP contribution in [-0.4, -0.2) is 0 Å². The van der Waals surface area contributed by atoms with Crippen molar-refractivity contribution in [2.24, 2.45) is 0 Å². The monoisotopic (exact) mass is 420 g/mol. The van der Waals surface area contributed by atoms with E-state index in [2.05, 4.69) is 50.9 Å². The quantitative estimate of drug-likeness (QED) is 0.466. The fraction of sp³-hybridized carbons (Fsp3) is 0.200. The lowest BCUT2D eigenvalue weighted by Gasteiger charge is -2.16. The fourth-order valence-electron chi connectivity index (χ4n) is 1.95. The molecule has 0 aliphatic heterocycles. The summed E-state index contributed by atoms with van der Waals surface area (Å²) < 4.78 is 2.07. The van der Waals surface area contributed by atoms with Gasteiger partial charge >= 0.3 is 0 Å². The number of halogens is 4. The molecular weight excluding hydrogens is 411 g/mol. The SMILES string of the molecule is Cc1cc(Br)c(C(Cl)c2ccc(Cl)cc2C)cc1Br. The van der Waals surface area contributed by atoms with Gasteiger partial charge in [0, 0.05) is 14.0 Å². The number of rotatable bonds is 2. The van der Waals surface area contributed by atoms with Crippen molar-refractivity contribution in [3.8, 4) is 0 Å². The first kappa shape index (κ1) is 15.4. The van der Waals surface area contributed by atoms with Crippen LogP contribution >= 0.6 is 55.1 Å². The second-order valence-electron chi connectivity index (χ2n) is 4.49. The van der Waals surface area contributed by atoms with E-state index in [1.807, 2.05) is 25.1 Å². The van der Waals surface area contributed by atoms with Crippen LogP contribution in [0.3, 0.4) is 0 Å². The molecule has 0 saturated heterocycles. The third-order valence-electron chi connectivity index (χ3n) is 3.06. The van der Waals surface area contributed by atoms with Crippen molar-refractivity contribution in [3.05, 3.63) is 66.6 Å². The average molecular weight is 423 g/mol. The molecule has 0 aromatic heterocycles. The van der Waals surface area contributed by atoms with Crippen LogP contribution in [0.25, 0.3) is 0 Å². The molecule has 0 nitrogen and oxygen atoms in total. The Morgan fingerprint density at radius 3 is 2.21 bits per heavy atom. The third-order valence-corrected chi connectivity index (χ3v) is 5.30. The minimum Gasteiger partial charge on any atom is -0.113 e. The lowest BCUT2D eigenvalue weighted by Crippen LogP contribution is -1.98. The van der Waals surface area contributed by atoms with Crippen molar-refractivity contribution in [1.82, 2.24) is 0 Å². The molecule has 2 aromatic carbocycles. The standard InChI is InChI=1S/C15H12Br2Cl2/c1-8-5-10(18)3-4-11(8)15(19)12-7-13(16)9(2)6-14(12)17/h3-7,15H,1-2H3. The molecule has 0 heterocycles. The van der Waals surface area contributed by atoms with Gasteiger partial charge in [-0.1, -0.05) is 49.5 Å². The van der Waals surface area contributed by atoms with Gasteiger partial charge in [0.1, 0.15) is 0 Å². The van der Waals surface area contributed by atoms with Gasteiger partial charge in [0.15, 0.2) is 0 Å². The van der Waals surface area contributed by atoms with E-state index < -0.39 is 0 Å². The molecule has 100 valence electrons. The molecule has 0 N–H and O–H groups in total. The molecule has 1 unspecified atom stereocenters. The largest absolute Gasteiger partial charge is 0.113 e. The van der Waals surface area contributed by atoms with Gasteiger partial charge in [-0.2, -0.15) is 0 Å². The Morgan fingerprint density at radius 2 is 1.58 bits per heavy atom. The molecule has 0 bridgehead atoms. The van der Waals surface area contributed by atoms with E-state index in [1.165, 1.54) is 5.56 Å². The van der Waals surface area contributed by atoms with Gasteiger partial charge in [-0.25, -0.2) is 0 Å². The second-order valence-corrected chi connectivity index (χ2v) is 7.07. The molecule has 0 radical (unpaired) electrons. The average Bonchev–Trinajstić information content (AvgIpc) is 2.33. The van der Waals surface area contributed by atoms with Crippen molar-refractivity contribution in [2.75, 3.05) is 0 Å². The smallest absolute Gasteiger partial charge is 0.0849 e. The van der Waals surface area contributed by atoms with Crippen LogP contribution < -0.4 is 0 Å². The second kappa shape index (κ2) is 6.17. The van der Waals surface area contributed by atoms with Gasteiger partial charge in [0.2, 0.25) is 0 Å². The predicted octanol–water partition coefficient (Wildman–Crippen LogP) is 6.81. The summed E-state index contributed by atoms with van der Waals surface area (Å²) in [5, 5.41) is 0.526. The van der Waals surface area contributed by atoms with E-state index in [1.54, 1.807) is 0 Å². The lowest BCUT2D eigenvalue weighted by atomic mass is 9.99. The van der Waals surface area contributed by atoms with Crippen molar-refractivity contribution in [1.29, 1.82) is 0 Å². The predicted molar refractivity (Wildman–Crippen MR) is 90.5 cm³/mol. The van der Waals surface area contributed by atoms with Crippen molar-refractivity contribution in [3.63, 3.8) is 0 Å². The van der Waals surface area contributed by atoms with E-state index >= 15 is 0 Å². The van der Waals surface area contributed by atoms with E-state index in [0.717, 1.165) is 30.7 Å². The van der Waals surface area contributed by atoms with Crippen LogP contribution in [0.15, 0.2) is 39.3 Å². The summed E-state index contributed by atoms with van der Waals surface area (Å²) in [5.41, 5.74) is 4.38. The van der Waals surface area contributed by atoms with Crippen LogP contribution in [0.1, 0.15) is 27.6 Å². The van der Waals surface area contributed by atoms with Crippen molar-refractivity contribution < 1.29 is 0 Å². The molecule has 0 aliphatic carbocycles. The Bertz CT molecular complexity index is 624. The van der Waals surface area contributed by atoms with Crippen LogP contribution in [0.2, 0.25) is 5.02 Å². The molecule has 2 rings (SSSR count). The summed E-state index contributed by atoms with van der Waals surface area (Å²) >= 11 is 19.7. The van der Waals surface area contributed by atoms with Gasteiger partial charge in [-0.15, -0.1) is 11.6 Å². The molecule has 0 fully saturated rings. The third kappa shape index (κ3) is 3.36. The maximum Gasteiger partial charge on any atom is 0.0849 e. The Kier molecular flexibility index (Phi) is 4.99. The summed E-state index contributed by atoms with van der Waals surface area (Å²) in [7, 11) is 0. The molecule has 19 heavy (non-hydrogen) atoms. The summed E-state index contributed by atoms with van der Waals surface area (Å²) in [6, 6.07) is 9.92. The molecule has 0 amide bonds. The minimum absolute atomic E-state index is 0.205. The summed E-state index contributed by atoms with van der Waals surface area (Å²) in [6.07, 6.45) is 0. The molecule has 0 spiro atoms. The highest BCUT2D eigenvalue weighted by molar-refractivity contribution is 9.11. The maximum absolute atomic E-state index is 6.62. The zero-order valence-electron chi connectivity index (χ0n) is 10.5. The number of hydrogen-bond acceptors (Lipinski definition) is 0. The van der Waals surface area contributed by atoms with E-state index in [0.29, 0.717) is 0 Å². The van der Waals surface area contributed by atoms with Crippen LogP contribution in [0.4, 0.5) is 0 Å². The first-order valence-electron chi connectivity index (χ1n) is 5.76. The van der Waals surface area contributed by atoms with Crippen LogP contribution in [-0.2, 0) is 0 Å². The van der Waals surface area contributed by atoms with E-state index in [4.69, 9.17) is 23.2 Å². The zero-order chi connectivity index (χ0) is 14.2. The highest BCUT2D eigenvalue weighted by Gasteiger charge is 2.17. The zero-order valence-corrected chi connectivity index (χ0v) is 15.2. The van der Waals surface area contributed by atoms with Gasteiger partial charge < -0.3 is 0 Å². The Balaban J connectivity index is 2.49. The molecular formula is C15H12Br2Cl2. The first-order chi connectivity index (χ1) is 8.90. The maximum atomic E-state index is 6.62. The van der Waals surface area contributed by atoms with Crippen molar-refractivity contribution in [2.45, 2.75) is 19.2 Å². The molecule has 2 aromatic rings. The topological polar surface area (TPSA) is 0 Å². The molecule has 0 saturated carbocycles. The van der Waals surface area contributed by atoms with Crippen LogP contribution in [0, 0.1) is 13.8 Å². The van der Waals surface area contributed by atoms with Gasteiger partial charge in [-0.3, -0.25) is 0 Å². The number of alkyl halides is 1. The molecule has 0 aliphatic rings. The summed E-state index contributed by atoms with van der Waals surface area (Å²) in [4.78, 5) is 0. The molecule has 1 atom stereocenters. The number of aryl methyl sites for hydroxylation is 2. The highest BCUT2D eigenvalue weighted by Crippen LogP contribution is 2.38. The lowest BCUT2D eigenvalue weighted by molar-refractivity contribution is 1.09. The number of hydrogen-bond donors (Lipinski definition) is 0. The van der Waals surface area contributed by atoms with E-state index in [9.17, 15) is 0 Å². The van der Waals surface area contributed by atoms with Crippen LogP contribution in [0.5, 0.6) is 0 Å². The normalized spacial score (nSPS) is 12.5. The van der Waals surface area contributed by atoms with Gasteiger partial charge in [0.25, 0.3) is 0 Å². The molecule has 4 heteroatoms. The fourth-order valence-corrected chi connectivity index (χ4v) is 3.78. The van der Waals surface area contributed by atoms with E-state index in [-0.39, 0.29) is 5.38 Å².